The predicted molar refractivity (Wildman–Crippen MR) is 101 cm³/mol. The summed E-state index contributed by atoms with van der Waals surface area (Å²) in [5.41, 5.74) is 0.994. The molecule has 4 nitrogen and oxygen atoms in total. The van der Waals surface area contributed by atoms with Crippen LogP contribution in [0.15, 0.2) is 48.8 Å². The van der Waals surface area contributed by atoms with Crippen molar-refractivity contribution in [2.45, 2.75) is 25.1 Å². The van der Waals surface area contributed by atoms with Gasteiger partial charge in [-0.2, -0.15) is 13.2 Å². The molecule has 29 heavy (non-hydrogen) atoms. The molecule has 1 saturated carbocycles. The minimum absolute atomic E-state index is 0.102. The van der Waals surface area contributed by atoms with Gasteiger partial charge in [0.05, 0.1) is 16.8 Å². The second-order valence-electron chi connectivity index (χ2n) is 7.26. The Hall–Kier alpha value is -3.29. The molecule has 1 aliphatic rings. The maximum Gasteiger partial charge on any atom is 0.416 e. The summed E-state index contributed by atoms with van der Waals surface area (Å²) in [6, 6.07) is 7.70. The van der Waals surface area contributed by atoms with Crippen LogP contribution in [-0.2, 0) is 6.18 Å². The number of carbonyl (C=O) groups excluding carboxylic acids is 1. The number of hydrogen-bond acceptors (Lipinski definition) is 1. The topological polar surface area (TPSA) is 49.8 Å². The van der Waals surface area contributed by atoms with E-state index in [0.717, 1.165) is 25.0 Å². The molecule has 0 aliphatic heterocycles. The first-order valence-corrected chi connectivity index (χ1v) is 9.11. The monoisotopic (exact) mass is 401 g/mol. The average molecular weight is 401 g/mol. The number of nitrogens with one attached hydrogen (secondary N) is 2. The number of carbonyl (C=O) groups is 1. The molecule has 1 fully saturated rings. The molecule has 0 unspecified atom stereocenters. The number of rotatable bonds is 3. The number of fused-ring (bicyclic) bond motifs is 2. The zero-order valence-corrected chi connectivity index (χ0v) is 15.0. The Morgan fingerprint density at radius 3 is 2.62 bits per heavy atom. The van der Waals surface area contributed by atoms with Crippen molar-refractivity contribution in [2.24, 2.45) is 0 Å². The van der Waals surface area contributed by atoms with Crippen LogP contribution in [0.3, 0.4) is 0 Å². The number of hydrogen-bond donors (Lipinski definition) is 2. The highest BCUT2D eigenvalue weighted by Gasteiger charge is 2.33. The van der Waals surface area contributed by atoms with Crippen molar-refractivity contribution in [3.63, 3.8) is 0 Å². The first-order valence-electron chi connectivity index (χ1n) is 9.11. The van der Waals surface area contributed by atoms with Gasteiger partial charge in [0, 0.05) is 40.2 Å². The number of aromatic amines is 1. The molecular weight excluding hydrogens is 386 g/mol. The fraction of sp³-hybridized carbons (Fsp3) is 0.190. The molecule has 0 radical (unpaired) electrons. The number of halogens is 4. The molecular formula is C21H15F4N3O. The predicted octanol–water partition coefficient (Wildman–Crippen LogP) is 5.87. The van der Waals surface area contributed by atoms with Crippen molar-refractivity contribution in [1.29, 1.82) is 0 Å². The second-order valence-corrected chi connectivity index (χ2v) is 7.26. The molecule has 148 valence electrons. The van der Waals surface area contributed by atoms with E-state index in [0.29, 0.717) is 27.5 Å². The third-order valence-electron chi connectivity index (χ3n) is 5.24. The van der Waals surface area contributed by atoms with E-state index in [1.54, 1.807) is 23.0 Å². The van der Waals surface area contributed by atoms with Gasteiger partial charge < -0.3 is 14.9 Å². The first kappa shape index (κ1) is 17.8. The van der Waals surface area contributed by atoms with E-state index in [4.69, 9.17) is 0 Å². The Kier molecular flexibility index (Phi) is 3.74. The third kappa shape index (κ3) is 3.04. The van der Waals surface area contributed by atoms with Crippen molar-refractivity contribution < 1.29 is 22.4 Å². The van der Waals surface area contributed by atoms with Gasteiger partial charge in [0.1, 0.15) is 5.82 Å². The summed E-state index contributed by atoms with van der Waals surface area (Å²) in [4.78, 5) is 15.9. The Bertz CT molecular complexity index is 1260. The van der Waals surface area contributed by atoms with Crippen LogP contribution in [-0.4, -0.2) is 15.5 Å². The zero-order valence-electron chi connectivity index (χ0n) is 15.0. The number of aromatic nitrogens is 2. The van der Waals surface area contributed by atoms with Crippen molar-refractivity contribution >= 4 is 33.4 Å². The summed E-state index contributed by atoms with van der Waals surface area (Å²) in [5.74, 6) is -0.892. The van der Waals surface area contributed by atoms with Crippen LogP contribution in [0.4, 0.5) is 23.2 Å². The van der Waals surface area contributed by atoms with E-state index in [2.05, 4.69) is 10.3 Å². The van der Waals surface area contributed by atoms with Crippen LogP contribution >= 0.6 is 0 Å². The summed E-state index contributed by atoms with van der Waals surface area (Å²) >= 11 is 0. The molecule has 4 aromatic rings. The maximum absolute atomic E-state index is 13.6. The van der Waals surface area contributed by atoms with Crippen molar-refractivity contribution in [1.82, 2.24) is 9.55 Å². The number of nitrogens with zero attached hydrogens (tertiary/aromatic N) is 1. The third-order valence-corrected chi connectivity index (χ3v) is 5.24. The van der Waals surface area contributed by atoms with Gasteiger partial charge in [-0.3, -0.25) is 4.79 Å². The quantitative estimate of drug-likeness (QED) is 0.415. The smallest absolute Gasteiger partial charge is 0.359 e. The Morgan fingerprint density at radius 2 is 1.90 bits per heavy atom. The van der Waals surface area contributed by atoms with E-state index in [1.807, 2.05) is 0 Å². The molecule has 1 amide bonds. The summed E-state index contributed by atoms with van der Waals surface area (Å²) in [7, 11) is 0. The zero-order chi connectivity index (χ0) is 20.3. The van der Waals surface area contributed by atoms with Crippen LogP contribution in [0.1, 0.15) is 34.8 Å². The minimum Gasteiger partial charge on any atom is -0.359 e. The lowest BCUT2D eigenvalue weighted by Gasteiger charge is -2.08. The molecule has 2 N–H and O–H groups in total. The second kappa shape index (κ2) is 6.10. The molecule has 5 rings (SSSR count). The lowest BCUT2D eigenvalue weighted by molar-refractivity contribution is -0.137. The van der Waals surface area contributed by atoms with E-state index < -0.39 is 23.5 Å². The molecule has 0 spiro atoms. The van der Waals surface area contributed by atoms with Crippen molar-refractivity contribution in [3.05, 3.63) is 65.7 Å². The average Bonchev–Trinajstić information content (AvgIpc) is 3.34. The Labute approximate surface area is 162 Å². The minimum atomic E-state index is -4.45. The number of anilines is 1. The van der Waals surface area contributed by atoms with Crippen LogP contribution in [0.5, 0.6) is 0 Å². The molecule has 2 aromatic heterocycles. The van der Waals surface area contributed by atoms with Crippen LogP contribution < -0.4 is 5.32 Å². The van der Waals surface area contributed by atoms with Gasteiger partial charge in [-0.1, -0.05) is 6.07 Å². The number of H-pyrrole nitrogens is 1. The highest BCUT2D eigenvalue weighted by molar-refractivity contribution is 6.15. The molecule has 1 aliphatic carbocycles. The van der Waals surface area contributed by atoms with Gasteiger partial charge in [0.15, 0.2) is 0 Å². The van der Waals surface area contributed by atoms with Crippen molar-refractivity contribution in [3.8, 4) is 0 Å². The SMILES string of the molecule is O=C(Nc1c[nH]c2ccc(F)cc12)c1cn(C2CC2)c2cc(C(F)(F)F)ccc12. The maximum atomic E-state index is 13.6. The van der Waals surface area contributed by atoms with Crippen molar-refractivity contribution in [2.75, 3.05) is 5.32 Å². The van der Waals surface area contributed by atoms with Gasteiger partial charge in [-0.25, -0.2) is 4.39 Å². The fourth-order valence-electron chi connectivity index (χ4n) is 3.65. The van der Waals surface area contributed by atoms with E-state index in [1.165, 1.54) is 18.2 Å². The number of amides is 1. The summed E-state index contributed by atoms with van der Waals surface area (Å²) in [5, 5.41) is 3.72. The van der Waals surface area contributed by atoms with Crippen LogP contribution in [0.2, 0.25) is 0 Å². The number of alkyl halides is 3. The highest BCUT2D eigenvalue weighted by Crippen LogP contribution is 2.41. The highest BCUT2D eigenvalue weighted by atomic mass is 19.4. The largest absolute Gasteiger partial charge is 0.416 e. The van der Waals surface area contributed by atoms with E-state index >= 15 is 0 Å². The standard InChI is InChI=1S/C21H15F4N3O/c22-12-2-6-17-15(8-12)18(9-26-17)27-20(29)16-10-28(13-3-4-13)19-7-11(21(23,24)25)1-5-14(16)19/h1-2,5-10,13,26H,3-4H2,(H,27,29). The van der Waals surface area contributed by atoms with Crippen LogP contribution in [0, 0.1) is 5.82 Å². The number of benzene rings is 2. The molecule has 0 atom stereocenters. The lowest BCUT2D eigenvalue weighted by Crippen LogP contribution is -2.11. The molecule has 2 heterocycles. The Balaban J connectivity index is 1.57. The summed E-state index contributed by atoms with van der Waals surface area (Å²) in [6.07, 6.45) is 0.437. The fourth-order valence-corrected chi connectivity index (χ4v) is 3.65. The molecule has 0 bridgehead atoms. The lowest BCUT2D eigenvalue weighted by atomic mass is 10.1. The molecule has 0 saturated heterocycles. The van der Waals surface area contributed by atoms with E-state index in [9.17, 15) is 22.4 Å². The summed E-state index contributed by atoms with van der Waals surface area (Å²) < 4.78 is 54.7. The van der Waals surface area contributed by atoms with Gasteiger partial charge in [0.25, 0.3) is 5.91 Å². The van der Waals surface area contributed by atoms with Gasteiger partial charge in [-0.05, 0) is 43.2 Å². The van der Waals surface area contributed by atoms with E-state index in [-0.39, 0.29) is 11.6 Å². The Morgan fingerprint density at radius 1 is 1.10 bits per heavy atom. The van der Waals surface area contributed by atoms with Gasteiger partial charge in [-0.15, -0.1) is 0 Å². The van der Waals surface area contributed by atoms with Gasteiger partial charge in [0.2, 0.25) is 0 Å². The van der Waals surface area contributed by atoms with Crippen LogP contribution in [0.25, 0.3) is 21.8 Å². The molecule has 2 aromatic carbocycles. The first-order chi connectivity index (χ1) is 13.8. The normalized spacial score (nSPS) is 14.6. The van der Waals surface area contributed by atoms with Gasteiger partial charge >= 0.3 is 6.18 Å². The summed E-state index contributed by atoms with van der Waals surface area (Å²) in [6.45, 7) is 0. The molecule has 8 heteroatoms.